The highest BCUT2D eigenvalue weighted by Crippen LogP contribution is 2.18. The Balaban J connectivity index is 2.17. The molecule has 78 valence electrons. The van der Waals surface area contributed by atoms with Gasteiger partial charge in [-0.2, -0.15) is 0 Å². The Morgan fingerprint density at radius 1 is 1.31 bits per heavy atom. The van der Waals surface area contributed by atoms with Crippen LogP contribution in [-0.4, -0.2) is 44.2 Å². The lowest BCUT2D eigenvalue weighted by Gasteiger charge is -2.31. The van der Waals surface area contributed by atoms with Crippen molar-refractivity contribution in [3.05, 3.63) is 0 Å². The largest absolute Gasteiger partial charge is 0.330 e. The number of rotatable bonds is 4. The molecule has 0 saturated carbocycles. The van der Waals surface area contributed by atoms with Crippen LogP contribution in [0.15, 0.2) is 0 Å². The van der Waals surface area contributed by atoms with Gasteiger partial charge in [0, 0.05) is 26.2 Å². The fraction of sp³-hybridized carbons (Fsp3) is 1.00. The second-order valence-electron chi connectivity index (χ2n) is 4.71. The normalized spacial score (nSPS) is 20.5. The molecule has 0 aromatic rings. The van der Waals surface area contributed by atoms with E-state index in [1.165, 1.54) is 26.1 Å². The average Bonchev–Trinajstić information content (AvgIpc) is 2.17. The number of hydrogen-bond acceptors (Lipinski definition) is 3. The maximum absolute atomic E-state index is 5.69. The molecule has 3 heteroatoms. The lowest BCUT2D eigenvalue weighted by molar-refractivity contribution is 0.201. The molecule has 0 aromatic carbocycles. The summed E-state index contributed by atoms with van der Waals surface area (Å²) < 4.78 is 0. The van der Waals surface area contributed by atoms with Crippen molar-refractivity contribution >= 4 is 0 Å². The standard InChI is InChI=1S/C10H23N3/c1-10(2,9-11)3-6-13-7-4-12-5-8-13/h12H,3-9,11H2,1-2H3. The molecule has 0 unspecified atom stereocenters. The van der Waals surface area contributed by atoms with Crippen molar-refractivity contribution in [3.63, 3.8) is 0 Å². The zero-order valence-corrected chi connectivity index (χ0v) is 8.97. The van der Waals surface area contributed by atoms with E-state index in [1.807, 2.05) is 0 Å². The number of piperazine rings is 1. The molecule has 0 atom stereocenters. The molecule has 0 amide bonds. The quantitative estimate of drug-likeness (QED) is 0.660. The molecule has 1 aliphatic rings. The van der Waals surface area contributed by atoms with Crippen molar-refractivity contribution in [2.24, 2.45) is 11.1 Å². The second-order valence-corrected chi connectivity index (χ2v) is 4.71. The third kappa shape index (κ3) is 4.07. The molecular formula is C10H23N3. The van der Waals surface area contributed by atoms with Crippen LogP contribution in [-0.2, 0) is 0 Å². The van der Waals surface area contributed by atoms with Crippen molar-refractivity contribution in [1.82, 2.24) is 10.2 Å². The minimum atomic E-state index is 0.310. The summed E-state index contributed by atoms with van der Waals surface area (Å²) in [4.78, 5) is 2.52. The van der Waals surface area contributed by atoms with E-state index in [-0.39, 0.29) is 0 Å². The maximum atomic E-state index is 5.69. The van der Waals surface area contributed by atoms with E-state index in [1.54, 1.807) is 0 Å². The van der Waals surface area contributed by atoms with Crippen molar-refractivity contribution in [1.29, 1.82) is 0 Å². The van der Waals surface area contributed by atoms with Crippen LogP contribution in [0, 0.1) is 5.41 Å². The van der Waals surface area contributed by atoms with Crippen LogP contribution < -0.4 is 11.1 Å². The van der Waals surface area contributed by atoms with Gasteiger partial charge in [-0.25, -0.2) is 0 Å². The van der Waals surface area contributed by atoms with Crippen LogP contribution in [0.5, 0.6) is 0 Å². The minimum Gasteiger partial charge on any atom is -0.330 e. The maximum Gasteiger partial charge on any atom is 0.0107 e. The molecule has 1 heterocycles. The summed E-state index contributed by atoms with van der Waals surface area (Å²) in [6.45, 7) is 11.2. The van der Waals surface area contributed by atoms with Gasteiger partial charge in [0.1, 0.15) is 0 Å². The molecule has 0 spiro atoms. The van der Waals surface area contributed by atoms with Crippen LogP contribution in [0.3, 0.4) is 0 Å². The minimum absolute atomic E-state index is 0.310. The molecule has 1 saturated heterocycles. The van der Waals surface area contributed by atoms with Gasteiger partial charge in [0.15, 0.2) is 0 Å². The highest BCUT2D eigenvalue weighted by Gasteiger charge is 2.17. The monoisotopic (exact) mass is 185 g/mol. The Hall–Kier alpha value is -0.120. The fourth-order valence-corrected chi connectivity index (χ4v) is 1.50. The fourth-order valence-electron chi connectivity index (χ4n) is 1.50. The van der Waals surface area contributed by atoms with Gasteiger partial charge in [-0.05, 0) is 24.9 Å². The molecule has 1 aliphatic heterocycles. The van der Waals surface area contributed by atoms with E-state index in [2.05, 4.69) is 24.1 Å². The van der Waals surface area contributed by atoms with Gasteiger partial charge in [0.25, 0.3) is 0 Å². The van der Waals surface area contributed by atoms with Crippen LogP contribution in [0.1, 0.15) is 20.3 Å². The summed E-state index contributed by atoms with van der Waals surface area (Å²) in [5, 5.41) is 3.36. The summed E-state index contributed by atoms with van der Waals surface area (Å²) in [7, 11) is 0. The van der Waals surface area contributed by atoms with Crippen molar-refractivity contribution in [3.8, 4) is 0 Å². The van der Waals surface area contributed by atoms with Gasteiger partial charge in [-0.3, -0.25) is 0 Å². The second kappa shape index (κ2) is 4.94. The first-order chi connectivity index (χ1) is 6.14. The molecule has 3 nitrogen and oxygen atoms in total. The van der Waals surface area contributed by atoms with Crippen LogP contribution in [0.2, 0.25) is 0 Å². The zero-order chi connectivity index (χ0) is 9.73. The van der Waals surface area contributed by atoms with Gasteiger partial charge < -0.3 is 16.0 Å². The topological polar surface area (TPSA) is 41.3 Å². The summed E-state index contributed by atoms with van der Waals surface area (Å²) >= 11 is 0. The van der Waals surface area contributed by atoms with E-state index in [0.717, 1.165) is 19.6 Å². The van der Waals surface area contributed by atoms with E-state index in [4.69, 9.17) is 5.73 Å². The van der Waals surface area contributed by atoms with Gasteiger partial charge in [-0.15, -0.1) is 0 Å². The SMILES string of the molecule is CC(C)(CN)CCN1CCNCC1. The lowest BCUT2D eigenvalue weighted by Crippen LogP contribution is -2.44. The van der Waals surface area contributed by atoms with E-state index >= 15 is 0 Å². The summed E-state index contributed by atoms with van der Waals surface area (Å²) in [6, 6.07) is 0. The van der Waals surface area contributed by atoms with E-state index in [9.17, 15) is 0 Å². The highest BCUT2D eigenvalue weighted by molar-refractivity contribution is 4.74. The van der Waals surface area contributed by atoms with Crippen molar-refractivity contribution in [2.45, 2.75) is 20.3 Å². The Bertz CT molecular complexity index is 139. The molecule has 0 radical (unpaired) electrons. The molecular weight excluding hydrogens is 162 g/mol. The van der Waals surface area contributed by atoms with Crippen molar-refractivity contribution < 1.29 is 0 Å². The smallest absolute Gasteiger partial charge is 0.0107 e. The summed E-state index contributed by atoms with van der Waals surface area (Å²) in [5.74, 6) is 0. The van der Waals surface area contributed by atoms with Crippen LogP contribution in [0.4, 0.5) is 0 Å². The predicted octanol–water partition coefficient (Wildman–Crippen LogP) is 0.267. The average molecular weight is 185 g/mol. The zero-order valence-electron chi connectivity index (χ0n) is 8.97. The lowest BCUT2D eigenvalue weighted by atomic mass is 9.89. The van der Waals surface area contributed by atoms with Crippen LogP contribution in [0.25, 0.3) is 0 Å². The molecule has 0 aromatic heterocycles. The molecule has 1 fully saturated rings. The van der Waals surface area contributed by atoms with Crippen molar-refractivity contribution in [2.75, 3.05) is 39.3 Å². The number of nitrogens with one attached hydrogen (secondary N) is 1. The highest BCUT2D eigenvalue weighted by atomic mass is 15.2. The van der Waals surface area contributed by atoms with Gasteiger partial charge in [-0.1, -0.05) is 13.8 Å². The molecule has 0 aliphatic carbocycles. The third-order valence-electron chi connectivity index (χ3n) is 2.87. The molecule has 1 rings (SSSR count). The van der Waals surface area contributed by atoms with E-state index < -0.39 is 0 Å². The first-order valence-electron chi connectivity index (χ1n) is 5.27. The summed E-state index contributed by atoms with van der Waals surface area (Å²) in [6.07, 6.45) is 1.21. The third-order valence-corrected chi connectivity index (χ3v) is 2.87. The Morgan fingerprint density at radius 3 is 2.46 bits per heavy atom. The summed E-state index contributed by atoms with van der Waals surface area (Å²) in [5.41, 5.74) is 6.00. The van der Waals surface area contributed by atoms with Gasteiger partial charge in [0.05, 0.1) is 0 Å². The molecule has 13 heavy (non-hydrogen) atoms. The first kappa shape index (κ1) is 11.0. The van der Waals surface area contributed by atoms with E-state index in [0.29, 0.717) is 5.41 Å². The number of hydrogen-bond donors (Lipinski definition) is 2. The Kier molecular flexibility index (Phi) is 4.16. The number of nitrogens with zero attached hydrogens (tertiary/aromatic N) is 1. The Morgan fingerprint density at radius 2 is 1.92 bits per heavy atom. The molecule has 0 bridgehead atoms. The van der Waals surface area contributed by atoms with Gasteiger partial charge >= 0.3 is 0 Å². The Labute approximate surface area is 81.7 Å². The van der Waals surface area contributed by atoms with Crippen LogP contribution >= 0.6 is 0 Å². The molecule has 3 N–H and O–H groups in total. The first-order valence-corrected chi connectivity index (χ1v) is 5.27. The predicted molar refractivity (Wildman–Crippen MR) is 56.8 cm³/mol. The number of nitrogens with two attached hydrogens (primary N) is 1. The van der Waals surface area contributed by atoms with Gasteiger partial charge in [0.2, 0.25) is 0 Å².